The smallest absolute Gasteiger partial charge is 0.161 e. The Bertz CT molecular complexity index is 1010. The van der Waals surface area contributed by atoms with Crippen LogP contribution in [0.3, 0.4) is 0 Å². The second-order valence-corrected chi connectivity index (χ2v) is 5.22. The van der Waals surface area contributed by atoms with Crippen LogP contribution in [0.1, 0.15) is 0 Å². The molecule has 7 heteroatoms. The Balaban J connectivity index is 1.66. The molecule has 0 unspecified atom stereocenters. The molecule has 2 aromatic carbocycles. The lowest BCUT2D eigenvalue weighted by Crippen LogP contribution is -1.97. The molecule has 0 aliphatic rings. The van der Waals surface area contributed by atoms with Crippen molar-refractivity contribution in [1.82, 2.24) is 20.2 Å². The van der Waals surface area contributed by atoms with Gasteiger partial charge in [-0.05, 0) is 36.4 Å². The maximum Gasteiger partial charge on any atom is 0.161 e. The molecule has 0 atom stereocenters. The van der Waals surface area contributed by atoms with Crippen molar-refractivity contribution in [2.45, 2.75) is 0 Å². The zero-order valence-electron chi connectivity index (χ0n) is 12.3. The molecule has 118 valence electrons. The molecule has 0 amide bonds. The van der Waals surface area contributed by atoms with Crippen LogP contribution in [0.2, 0.25) is 0 Å². The van der Waals surface area contributed by atoms with Gasteiger partial charge in [-0.2, -0.15) is 5.10 Å². The number of halogens is 2. The summed E-state index contributed by atoms with van der Waals surface area (Å²) in [6.07, 6.45) is 3.26. The maximum absolute atomic E-state index is 13.4. The number of fused-ring (bicyclic) bond motifs is 1. The number of hydrogen-bond donors (Lipinski definition) is 2. The van der Waals surface area contributed by atoms with E-state index in [0.29, 0.717) is 5.82 Å². The highest BCUT2D eigenvalue weighted by Crippen LogP contribution is 2.22. The van der Waals surface area contributed by atoms with Gasteiger partial charge in [-0.3, -0.25) is 5.10 Å². The molecule has 2 heterocycles. The minimum Gasteiger partial charge on any atom is -0.340 e. The van der Waals surface area contributed by atoms with Gasteiger partial charge >= 0.3 is 0 Å². The van der Waals surface area contributed by atoms with E-state index < -0.39 is 11.6 Å². The SMILES string of the molecule is Fc1cc(F)cc(-c2nccc(Nc3ccc4[nH]ncc4c3)n2)c1. The van der Waals surface area contributed by atoms with Gasteiger partial charge < -0.3 is 5.32 Å². The van der Waals surface area contributed by atoms with Gasteiger partial charge in [0.05, 0.1) is 11.7 Å². The van der Waals surface area contributed by atoms with E-state index in [-0.39, 0.29) is 11.4 Å². The van der Waals surface area contributed by atoms with Gasteiger partial charge in [0.25, 0.3) is 0 Å². The van der Waals surface area contributed by atoms with Crippen molar-refractivity contribution < 1.29 is 8.78 Å². The average Bonchev–Trinajstić information content (AvgIpc) is 3.02. The lowest BCUT2D eigenvalue weighted by atomic mass is 10.2. The Hall–Kier alpha value is -3.35. The van der Waals surface area contributed by atoms with Crippen molar-refractivity contribution in [3.05, 3.63) is 66.5 Å². The van der Waals surface area contributed by atoms with Crippen LogP contribution < -0.4 is 5.32 Å². The lowest BCUT2D eigenvalue weighted by Gasteiger charge is -2.07. The molecule has 2 aromatic heterocycles. The number of aromatic amines is 1. The third-order valence-corrected chi connectivity index (χ3v) is 3.49. The van der Waals surface area contributed by atoms with Crippen LogP contribution in [0.5, 0.6) is 0 Å². The van der Waals surface area contributed by atoms with E-state index >= 15 is 0 Å². The van der Waals surface area contributed by atoms with Crippen LogP contribution in [0, 0.1) is 11.6 Å². The van der Waals surface area contributed by atoms with E-state index in [1.54, 1.807) is 12.3 Å². The molecule has 5 nitrogen and oxygen atoms in total. The average molecular weight is 323 g/mol. The Morgan fingerprint density at radius 2 is 1.79 bits per heavy atom. The maximum atomic E-state index is 13.4. The molecule has 0 fully saturated rings. The first-order chi connectivity index (χ1) is 11.7. The number of benzene rings is 2. The van der Waals surface area contributed by atoms with Crippen LogP contribution >= 0.6 is 0 Å². The first-order valence-electron chi connectivity index (χ1n) is 7.17. The molecule has 0 saturated carbocycles. The van der Waals surface area contributed by atoms with E-state index in [9.17, 15) is 8.78 Å². The van der Waals surface area contributed by atoms with Gasteiger partial charge in [-0.15, -0.1) is 0 Å². The topological polar surface area (TPSA) is 66.5 Å². The van der Waals surface area contributed by atoms with E-state index in [1.807, 2.05) is 18.2 Å². The molecule has 0 aliphatic carbocycles. The number of anilines is 2. The van der Waals surface area contributed by atoms with Gasteiger partial charge in [0.1, 0.15) is 17.5 Å². The second-order valence-electron chi connectivity index (χ2n) is 5.22. The van der Waals surface area contributed by atoms with Crippen LogP contribution in [0.4, 0.5) is 20.3 Å². The monoisotopic (exact) mass is 323 g/mol. The summed E-state index contributed by atoms with van der Waals surface area (Å²) in [5.74, 6) is -0.579. The molecule has 2 N–H and O–H groups in total. The fourth-order valence-electron chi connectivity index (χ4n) is 2.42. The molecule has 0 aliphatic heterocycles. The van der Waals surface area contributed by atoms with Gasteiger partial charge in [-0.25, -0.2) is 18.7 Å². The van der Waals surface area contributed by atoms with Crippen LogP contribution in [0.25, 0.3) is 22.3 Å². The molecule has 4 rings (SSSR count). The quantitative estimate of drug-likeness (QED) is 0.597. The Morgan fingerprint density at radius 1 is 0.958 bits per heavy atom. The van der Waals surface area contributed by atoms with E-state index in [4.69, 9.17) is 0 Å². The molecule has 0 bridgehead atoms. The number of nitrogens with one attached hydrogen (secondary N) is 2. The molecule has 24 heavy (non-hydrogen) atoms. The number of H-pyrrole nitrogens is 1. The van der Waals surface area contributed by atoms with Crippen LogP contribution in [-0.4, -0.2) is 20.2 Å². The summed E-state index contributed by atoms with van der Waals surface area (Å²) in [4.78, 5) is 8.38. The zero-order valence-corrected chi connectivity index (χ0v) is 12.3. The number of rotatable bonds is 3. The summed E-state index contributed by atoms with van der Waals surface area (Å²) in [5, 5.41) is 11.0. The van der Waals surface area contributed by atoms with Crippen molar-refractivity contribution in [3.63, 3.8) is 0 Å². The van der Waals surface area contributed by atoms with Gasteiger partial charge in [0.15, 0.2) is 5.82 Å². The van der Waals surface area contributed by atoms with E-state index in [1.165, 1.54) is 18.3 Å². The van der Waals surface area contributed by atoms with Crippen molar-refractivity contribution in [2.24, 2.45) is 0 Å². The third kappa shape index (κ3) is 2.79. The standard InChI is InChI=1S/C17H11F2N5/c18-12-5-10(6-13(19)8-12)17-20-4-3-16(23-17)22-14-1-2-15-11(7-14)9-21-24-15/h1-9H,(H,21,24)(H,20,22,23). The fraction of sp³-hybridized carbons (Fsp3) is 0. The number of aromatic nitrogens is 4. The third-order valence-electron chi connectivity index (χ3n) is 3.49. The minimum absolute atomic E-state index is 0.239. The first-order valence-corrected chi connectivity index (χ1v) is 7.17. The van der Waals surface area contributed by atoms with Crippen molar-refractivity contribution in [1.29, 1.82) is 0 Å². The normalized spacial score (nSPS) is 10.9. The predicted molar refractivity (Wildman–Crippen MR) is 86.8 cm³/mol. The Morgan fingerprint density at radius 3 is 2.62 bits per heavy atom. The number of nitrogens with zero attached hydrogens (tertiary/aromatic N) is 3. The van der Waals surface area contributed by atoms with Gasteiger partial charge in [0, 0.05) is 28.9 Å². The number of hydrogen-bond acceptors (Lipinski definition) is 4. The van der Waals surface area contributed by atoms with Gasteiger partial charge in [0.2, 0.25) is 0 Å². The zero-order chi connectivity index (χ0) is 16.5. The molecular formula is C17H11F2N5. The van der Waals surface area contributed by atoms with Crippen LogP contribution in [-0.2, 0) is 0 Å². The predicted octanol–water partition coefficient (Wildman–Crippen LogP) is 4.04. The fourth-order valence-corrected chi connectivity index (χ4v) is 2.42. The van der Waals surface area contributed by atoms with Crippen LogP contribution in [0.15, 0.2) is 54.9 Å². The first kappa shape index (κ1) is 14.3. The lowest BCUT2D eigenvalue weighted by molar-refractivity contribution is 0.584. The van der Waals surface area contributed by atoms with E-state index in [0.717, 1.165) is 22.7 Å². The summed E-state index contributed by atoms with van der Waals surface area (Å²) in [7, 11) is 0. The van der Waals surface area contributed by atoms with E-state index in [2.05, 4.69) is 25.5 Å². The summed E-state index contributed by atoms with van der Waals surface area (Å²) in [5.41, 5.74) is 2.03. The summed E-state index contributed by atoms with van der Waals surface area (Å²) in [6.45, 7) is 0. The van der Waals surface area contributed by atoms with Crippen molar-refractivity contribution >= 4 is 22.4 Å². The largest absolute Gasteiger partial charge is 0.340 e. The second kappa shape index (κ2) is 5.69. The molecule has 4 aromatic rings. The highest BCUT2D eigenvalue weighted by molar-refractivity contribution is 5.82. The minimum atomic E-state index is -0.669. The Labute approximate surface area is 135 Å². The van der Waals surface area contributed by atoms with Gasteiger partial charge in [-0.1, -0.05) is 0 Å². The van der Waals surface area contributed by atoms with Crippen molar-refractivity contribution in [2.75, 3.05) is 5.32 Å². The summed E-state index contributed by atoms with van der Waals surface area (Å²) >= 11 is 0. The molecule has 0 saturated heterocycles. The highest BCUT2D eigenvalue weighted by Gasteiger charge is 2.07. The summed E-state index contributed by atoms with van der Waals surface area (Å²) in [6, 6.07) is 10.6. The summed E-state index contributed by atoms with van der Waals surface area (Å²) < 4.78 is 26.7. The molecule has 0 radical (unpaired) electrons. The Kier molecular flexibility index (Phi) is 3.38. The highest BCUT2D eigenvalue weighted by atomic mass is 19.1. The molecular weight excluding hydrogens is 312 g/mol. The van der Waals surface area contributed by atoms with Crippen molar-refractivity contribution in [3.8, 4) is 11.4 Å². The molecule has 0 spiro atoms.